The van der Waals surface area contributed by atoms with E-state index in [4.69, 9.17) is 23.2 Å². The predicted molar refractivity (Wildman–Crippen MR) is 65.6 cm³/mol. The van der Waals surface area contributed by atoms with E-state index in [1.807, 2.05) is 18.3 Å². The quantitative estimate of drug-likeness (QED) is 0.882. The van der Waals surface area contributed by atoms with E-state index < -0.39 is 0 Å². The fraction of sp³-hybridized carbons (Fsp3) is 0.182. The van der Waals surface area contributed by atoms with Crippen LogP contribution in [0.1, 0.15) is 11.1 Å². The van der Waals surface area contributed by atoms with Gasteiger partial charge in [0.15, 0.2) is 0 Å². The zero-order chi connectivity index (χ0) is 11.4. The Bertz CT molecular complexity index is 454. The molecule has 16 heavy (non-hydrogen) atoms. The Kier molecular flexibility index (Phi) is 3.83. The van der Waals surface area contributed by atoms with Crippen LogP contribution in [-0.2, 0) is 13.1 Å². The van der Waals surface area contributed by atoms with Crippen molar-refractivity contribution >= 4 is 23.2 Å². The second kappa shape index (κ2) is 5.34. The number of aromatic amines is 1. The summed E-state index contributed by atoms with van der Waals surface area (Å²) < 4.78 is 0. The maximum atomic E-state index is 6.05. The number of rotatable bonds is 4. The molecule has 0 atom stereocenters. The maximum absolute atomic E-state index is 6.05. The molecule has 0 bridgehead atoms. The van der Waals surface area contributed by atoms with E-state index in [9.17, 15) is 0 Å². The van der Waals surface area contributed by atoms with Gasteiger partial charge in [-0.25, -0.2) is 0 Å². The summed E-state index contributed by atoms with van der Waals surface area (Å²) in [4.78, 5) is 0. The molecule has 0 amide bonds. The van der Waals surface area contributed by atoms with Crippen LogP contribution in [0.25, 0.3) is 0 Å². The van der Waals surface area contributed by atoms with Crippen molar-refractivity contribution in [1.29, 1.82) is 0 Å². The Balaban J connectivity index is 1.90. The van der Waals surface area contributed by atoms with Gasteiger partial charge in [0.05, 0.1) is 6.20 Å². The molecule has 0 aliphatic carbocycles. The van der Waals surface area contributed by atoms with E-state index in [0.717, 1.165) is 17.7 Å². The Morgan fingerprint density at radius 3 is 2.81 bits per heavy atom. The molecule has 3 nitrogen and oxygen atoms in total. The third kappa shape index (κ3) is 2.98. The highest BCUT2D eigenvalue weighted by molar-refractivity contribution is 6.35. The molecule has 0 saturated heterocycles. The van der Waals surface area contributed by atoms with Crippen LogP contribution in [0.3, 0.4) is 0 Å². The molecule has 5 heteroatoms. The molecule has 0 fully saturated rings. The number of benzene rings is 1. The molecule has 1 aromatic carbocycles. The summed E-state index contributed by atoms with van der Waals surface area (Å²) in [7, 11) is 0. The first-order valence-electron chi connectivity index (χ1n) is 4.88. The molecule has 0 saturated carbocycles. The molecule has 2 N–H and O–H groups in total. The molecular weight excluding hydrogens is 245 g/mol. The zero-order valence-electron chi connectivity index (χ0n) is 8.50. The van der Waals surface area contributed by atoms with E-state index in [1.54, 1.807) is 12.3 Å². The van der Waals surface area contributed by atoms with Crippen molar-refractivity contribution in [2.24, 2.45) is 0 Å². The predicted octanol–water partition coefficient (Wildman–Crippen LogP) is 3.01. The Morgan fingerprint density at radius 2 is 2.12 bits per heavy atom. The van der Waals surface area contributed by atoms with Gasteiger partial charge < -0.3 is 5.32 Å². The molecular formula is C11H11Cl2N3. The van der Waals surface area contributed by atoms with Crippen LogP contribution in [0.2, 0.25) is 10.0 Å². The summed E-state index contributed by atoms with van der Waals surface area (Å²) in [5.74, 6) is 0. The number of halogens is 2. The number of hydrogen-bond donors (Lipinski definition) is 2. The van der Waals surface area contributed by atoms with E-state index in [0.29, 0.717) is 16.6 Å². The van der Waals surface area contributed by atoms with Crippen molar-refractivity contribution in [2.75, 3.05) is 0 Å². The minimum Gasteiger partial charge on any atom is -0.308 e. The number of H-pyrrole nitrogens is 1. The normalized spacial score (nSPS) is 10.6. The summed E-state index contributed by atoms with van der Waals surface area (Å²) in [6.07, 6.45) is 3.65. The van der Waals surface area contributed by atoms with Crippen LogP contribution in [-0.4, -0.2) is 10.2 Å². The molecule has 0 aliphatic heterocycles. The SMILES string of the molecule is Clc1ccc(CNCc2cn[nH]c2)c(Cl)c1. The Hall–Kier alpha value is -1.03. The molecule has 0 aliphatic rings. The van der Waals surface area contributed by atoms with E-state index in [-0.39, 0.29) is 0 Å². The van der Waals surface area contributed by atoms with Gasteiger partial charge in [-0.05, 0) is 17.7 Å². The van der Waals surface area contributed by atoms with Crippen LogP contribution in [0.5, 0.6) is 0 Å². The molecule has 0 unspecified atom stereocenters. The number of aromatic nitrogens is 2. The number of nitrogens with one attached hydrogen (secondary N) is 2. The van der Waals surface area contributed by atoms with Gasteiger partial charge in [-0.3, -0.25) is 5.10 Å². The summed E-state index contributed by atoms with van der Waals surface area (Å²) >= 11 is 11.9. The largest absolute Gasteiger partial charge is 0.308 e. The lowest BCUT2D eigenvalue weighted by Crippen LogP contribution is -2.12. The molecule has 1 heterocycles. The maximum Gasteiger partial charge on any atom is 0.0532 e. The van der Waals surface area contributed by atoms with Gasteiger partial charge in [0.2, 0.25) is 0 Å². The molecule has 1 aromatic heterocycles. The van der Waals surface area contributed by atoms with Gasteiger partial charge >= 0.3 is 0 Å². The third-order valence-electron chi connectivity index (χ3n) is 2.21. The summed E-state index contributed by atoms with van der Waals surface area (Å²) in [6, 6.07) is 5.51. The average Bonchev–Trinajstić information content (AvgIpc) is 2.74. The topological polar surface area (TPSA) is 40.7 Å². The first kappa shape index (κ1) is 11.5. The smallest absolute Gasteiger partial charge is 0.0532 e. The lowest BCUT2D eigenvalue weighted by atomic mass is 10.2. The molecule has 0 spiro atoms. The lowest BCUT2D eigenvalue weighted by Gasteiger charge is -2.05. The van der Waals surface area contributed by atoms with E-state index in [2.05, 4.69) is 15.5 Å². The van der Waals surface area contributed by atoms with Gasteiger partial charge in [-0.2, -0.15) is 5.10 Å². The van der Waals surface area contributed by atoms with Crippen molar-refractivity contribution < 1.29 is 0 Å². The summed E-state index contributed by atoms with van der Waals surface area (Å²) in [5.41, 5.74) is 2.15. The van der Waals surface area contributed by atoms with Gasteiger partial charge in [0.25, 0.3) is 0 Å². The Labute approximate surface area is 104 Å². The second-order valence-corrected chi connectivity index (χ2v) is 4.29. The first-order chi connectivity index (χ1) is 7.75. The lowest BCUT2D eigenvalue weighted by molar-refractivity contribution is 0.694. The van der Waals surface area contributed by atoms with Crippen molar-refractivity contribution in [2.45, 2.75) is 13.1 Å². The van der Waals surface area contributed by atoms with E-state index >= 15 is 0 Å². The van der Waals surface area contributed by atoms with E-state index in [1.165, 1.54) is 0 Å². The molecule has 2 rings (SSSR count). The minimum atomic E-state index is 0.656. The van der Waals surface area contributed by atoms with Gasteiger partial charge in [0.1, 0.15) is 0 Å². The van der Waals surface area contributed by atoms with Crippen LogP contribution in [0, 0.1) is 0 Å². The van der Waals surface area contributed by atoms with Crippen LogP contribution in [0.4, 0.5) is 0 Å². The minimum absolute atomic E-state index is 0.656. The monoisotopic (exact) mass is 255 g/mol. The number of hydrogen-bond acceptors (Lipinski definition) is 2. The highest BCUT2D eigenvalue weighted by Gasteiger charge is 2.01. The van der Waals surface area contributed by atoms with Gasteiger partial charge in [-0.1, -0.05) is 29.3 Å². The highest BCUT2D eigenvalue weighted by Crippen LogP contribution is 2.20. The fourth-order valence-electron chi connectivity index (χ4n) is 1.38. The van der Waals surface area contributed by atoms with Crippen molar-refractivity contribution in [3.8, 4) is 0 Å². The third-order valence-corrected chi connectivity index (χ3v) is 2.80. The average molecular weight is 256 g/mol. The fourth-order valence-corrected chi connectivity index (χ4v) is 1.86. The number of nitrogens with zero attached hydrogens (tertiary/aromatic N) is 1. The van der Waals surface area contributed by atoms with Crippen LogP contribution >= 0.6 is 23.2 Å². The summed E-state index contributed by atoms with van der Waals surface area (Å²) in [6.45, 7) is 1.47. The van der Waals surface area contributed by atoms with Crippen LogP contribution < -0.4 is 5.32 Å². The molecule has 2 aromatic rings. The van der Waals surface area contributed by atoms with Crippen molar-refractivity contribution in [3.63, 3.8) is 0 Å². The van der Waals surface area contributed by atoms with Crippen molar-refractivity contribution in [3.05, 3.63) is 51.8 Å². The van der Waals surface area contributed by atoms with Gasteiger partial charge in [0, 0.05) is 34.9 Å². The van der Waals surface area contributed by atoms with Crippen molar-refractivity contribution in [1.82, 2.24) is 15.5 Å². The van der Waals surface area contributed by atoms with Crippen LogP contribution in [0.15, 0.2) is 30.6 Å². The van der Waals surface area contributed by atoms with Gasteiger partial charge in [-0.15, -0.1) is 0 Å². The molecule has 84 valence electrons. The Morgan fingerprint density at radius 1 is 1.25 bits per heavy atom. The summed E-state index contributed by atoms with van der Waals surface area (Å²) in [5, 5.41) is 11.3. The standard InChI is InChI=1S/C11H11Cl2N3/c12-10-2-1-9(11(13)3-10)7-14-4-8-5-15-16-6-8/h1-3,5-6,14H,4,7H2,(H,15,16). The second-order valence-electron chi connectivity index (χ2n) is 3.45. The zero-order valence-corrected chi connectivity index (χ0v) is 10.0. The highest BCUT2D eigenvalue weighted by atomic mass is 35.5. The first-order valence-corrected chi connectivity index (χ1v) is 5.63. The molecule has 0 radical (unpaired) electrons.